The second-order valence-corrected chi connectivity index (χ2v) is 4.15. The summed E-state index contributed by atoms with van der Waals surface area (Å²) < 4.78 is 10.5. The minimum atomic E-state index is 0.532. The van der Waals surface area contributed by atoms with Gasteiger partial charge in [0.25, 0.3) is 0 Å². The Hall–Kier alpha value is -1.18. The van der Waals surface area contributed by atoms with Crippen LogP contribution in [0.4, 0.5) is 0 Å². The van der Waals surface area contributed by atoms with E-state index >= 15 is 0 Å². The lowest BCUT2D eigenvalue weighted by Crippen LogP contribution is -2.02. The summed E-state index contributed by atoms with van der Waals surface area (Å²) in [6, 6.07) is 6.13. The van der Waals surface area contributed by atoms with Crippen molar-refractivity contribution in [2.45, 2.75) is 40.5 Å². The van der Waals surface area contributed by atoms with Gasteiger partial charge in [-0.05, 0) is 29.5 Å². The van der Waals surface area contributed by atoms with Crippen molar-refractivity contribution in [1.82, 2.24) is 0 Å². The molecule has 2 nitrogen and oxygen atoms in total. The Labute approximate surface area is 106 Å². The first-order valence-corrected chi connectivity index (χ1v) is 6.32. The number of methoxy groups -OCH3 is 2. The van der Waals surface area contributed by atoms with Gasteiger partial charge in [-0.25, -0.2) is 0 Å². The summed E-state index contributed by atoms with van der Waals surface area (Å²) in [5.41, 5.74) is 1.29. The van der Waals surface area contributed by atoms with E-state index in [1.54, 1.807) is 14.2 Å². The van der Waals surface area contributed by atoms with Crippen LogP contribution in [0.3, 0.4) is 0 Å². The molecule has 1 aromatic carbocycles. The highest BCUT2D eigenvalue weighted by Crippen LogP contribution is 2.32. The van der Waals surface area contributed by atoms with Gasteiger partial charge in [-0.2, -0.15) is 0 Å². The zero-order valence-corrected chi connectivity index (χ0v) is 12.2. The first-order valence-electron chi connectivity index (χ1n) is 6.32. The third kappa shape index (κ3) is 4.29. The largest absolute Gasteiger partial charge is 0.493 e. The Balaban J connectivity index is 0.00000121. The van der Waals surface area contributed by atoms with E-state index in [1.165, 1.54) is 5.56 Å². The summed E-state index contributed by atoms with van der Waals surface area (Å²) in [5.74, 6) is 2.76. The van der Waals surface area contributed by atoms with Gasteiger partial charge in [-0.15, -0.1) is 0 Å². The van der Waals surface area contributed by atoms with Gasteiger partial charge in [0.15, 0.2) is 11.5 Å². The molecule has 1 atom stereocenters. The number of ether oxygens (including phenoxy) is 2. The Morgan fingerprint density at radius 2 is 1.41 bits per heavy atom. The summed E-state index contributed by atoms with van der Waals surface area (Å²) in [4.78, 5) is 0. The molecule has 0 N–H and O–H groups in total. The lowest BCUT2D eigenvalue weighted by atomic mass is 9.90. The smallest absolute Gasteiger partial charge is 0.160 e. The molecule has 0 aliphatic heterocycles. The van der Waals surface area contributed by atoms with Crippen molar-refractivity contribution in [3.8, 4) is 11.5 Å². The molecule has 1 rings (SSSR count). The van der Waals surface area contributed by atoms with Gasteiger partial charge in [0.05, 0.1) is 14.2 Å². The lowest BCUT2D eigenvalue weighted by molar-refractivity contribution is 0.354. The van der Waals surface area contributed by atoms with Crippen LogP contribution >= 0.6 is 0 Å². The van der Waals surface area contributed by atoms with E-state index in [-0.39, 0.29) is 0 Å². The third-order valence-electron chi connectivity index (χ3n) is 2.93. The molecule has 2 heteroatoms. The van der Waals surface area contributed by atoms with Gasteiger partial charge < -0.3 is 9.47 Å². The van der Waals surface area contributed by atoms with Crippen LogP contribution in [0.5, 0.6) is 11.5 Å². The van der Waals surface area contributed by atoms with E-state index in [0.717, 1.165) is 11.5 Å². The van der Waals surface area contributed by atoms with E-state index in [0.29, 0.717) is 11.8 Å². The average molecular weight is 238 g/mol. The van der Waals surface area contributed by atoms with Crippen LogP contribution in [0.15, 0.2) is 18.2 Å². The van der Waals surface area contributed by atoms with Crippen molar-refractivity contribution in [2.24, 2.45) is 5.92 Å². The van der Waals surface area contributed by atoms with Gasteiger partial charge in [0.1, 0.15) is 0 Å². The van der Waals surface area contributed by atoms with E-state index in [9.17, 15) is 0 Å². The van der Waals surface area contributed by atoms with Crippen molar-refractivity contribution in [1.29, 1.82) is 0 Å². The zero-order valence-electron chi connectivity index (χ0n) is 12.2. The summed E-state index contributed by atoms with van der Waals surface area (Å²) in [6.07, 6.45) is 0. The summed E-state index contributed by atoms with van der Waals surface area (Å²) in [6.45, 7) is 10.7. The van der Waals surface area contributed by atoms with Crippen molar-refractivity contribution < 1.29 is 9.47 Å². The van der Waals surface area contributed by atoms with Crippen LogP contribution in [0, 0.1) is 5.92 Å². The first-order chi connectivity index (χ1) is 8.10. The van der Waals surface area contributed by atoms with Gasteiger partial charge in [-0.1, -0.05) is 40.7 Å². The van der Waals surface area contributed by atoms with E-state index in [4.69, 9.17) is 9.47 Å². The number of hydrogen-bond acceptors (Lipinski definition) is 2. The SMILES string of the molecule is CC.COc1ccc(C(C)C(C)C)cc1OC. The van der Waals surface area contributed by atoms with Crippen LogP contribution in [0.2, 0.25) is 0 Å². The predicted molar refractivity (Wildman–Crippen MR) is 74.1 cm³/mol. The standard InChI is InChI=1S/C13H20O2.C2H6/c1-9(2)10(3)11-6-7-12(14-4)13(8-11)15-5;1-2/h6-10H,1-5H3;1-2H3. The number of benzene rings is 1. The second-order valence-electron chi connectivity index (χ2n) is 4.15. The molecule has 0 radical (unpaired) electrons. The van der Waals surface area contributed by atoms with Crippen LogP contribution in [-0.4, -0.2) is 14.2 Å². The van der Waals surface area contributed by atoms with E-state index < -0.39 is 0 Å². The molecule has 0 aliphatic carbocycles. The highest BCUT2D eigenvalue weighted by molar-refractivity contribution is 5.43. The van der Waals surface area contributed by atoms with Gasteiger partial charge in [0, 0.05) is 0 Å². The minimum Gasteiger partial charge on any atom is -0.493 e. The highest BCUT2D eigenvalue weighted by Gasteiger charge is 2.12. The molecule has 0 bridgehead atoms. The van der Waals surface area contributed by atoms with Gasteiger partial charge in [0.2, 0.25) is 0 Å². The molecule has 0 heterocycles. The summed E-state index contributed by atoms with van der Waals surface area (Å²) in [7, 11) is 3.32. The van der Waals surface area contributed by atoms with Crippen molar-refractivity contribution >= 4 is 0 Å². The zero-order chi connectivity index (χ0) is 13.4. The molecule has 1 aromatic rings. The number of rotatable bonds is 4. The van der Waals surface area contributed by atoms with Gasteiger partial charge >= 0.3 is 0 Å². The minimum absolute atomic E-state index is 0.532. The average Bonchev–Trinajstić information content (AvgIpc) is 2.39. The molecule has 0 aliphatic rings. The fourth-order valence-electron chi connectivity index (χ4n) is 1.52. The Morgan fingerprint density at radius 3 is 1.82 bits per heavy atom. The lowest BCUT2D eigenvalue weighted by Gasteiger charge is -2.17. The van der Waals surface area contributed by atoms with Crippen LogP contribution in [0.1, 0.15) is 46.1 Å². The van der Waals surface area contributed by atoms with Crippen molar-refractivity contribution in [3.05, 3.63) is 23.8 Å². The van der Waals surface area contributed by atoms with Gasteiger partial charge in [-0.3, -0.25) is 0 Å². The fraction of sp³-hybridized carbons (Fsp3) is 0.600. The Bertz CT molecular complexity index is 319. The fourth-order valence-corrected chi connectivity index (χ4v) is 1.52. The quantitative estimate of drug-likeness (QED) is 0.769. The van der Waals surface area contributed by atoms with Crippen LogP contribution in [-0.2, 0) is 0 Å². The van der Waals surface area contributed by atoms with E-state index in [2.05, 4.69) is 32.9 Å². The molecule has 0 fully saturated rings. The molecule has 1 unspecified atom stereocenters. The van der Waals surface area contributed by atoms with E-state index in [1.807, 2.05) is 19.9 Å². The molecular formula is C15H26O2. The maximum atomic E-state index is 5.28. The predicted octanol–water partition coefficient (Wildman–Crippen LogP) is 4.49. The number of hydrogen-bond donors (Lipinski definition) is 0. The Morgan fingerprint density at radius 1 is 0.882 bits per heavy atom. The molecule has 0 spiro atoms. The molecule has 98 valence electrons. The maximum Gasteiger partial charge on any atom is 0.160 e. The van der Waals surface area contributed by atoms with Crippen molar-refractivity contribution in [2.75, 3.05) is 14.2 Å². The Kier molecular flexibility index (Phi) is 7.44. The maximum absolute atomic E-state index is 5.28. The third-order valence-corrected chi connectivity index (χ3v) is 2.93. The molecule has 0 amide bonds. The van der Waals surface area contributed by atoms with Crippen molar-refractivity contribution in [3.63, 3.8) is 0 Å². The summed E-state index contributed by atoms with van der Waals surface area (Å²) in [5, 5.41) is 0. The van der Waals surface area contributed by atoms with Crippen LogP contribution in [0.25, 0.3) is 0 Å². The second kappa shape index (κ2) is 7.99. The monoisotopic (exact) mass is 238 g/mol. The van der Waals surface area contributed by atoms with Crippen LogP contribution < -0.4 is 9.47 Å². The topological polar surface area (TPSA) is 18.5 Å². The molecule has 0 saturated carbocycles. The summed E-state index contributed by atoms with van der Waals surface area (Å²) >= 11 is 0. The highest BCUT2D eigenvalue weighted by atomic mass is 16.5. The first kappa shape index (κ1) is 15.8. The normalized spacial score (nSPS) is 11.5. The molecule has 0 saturated heterocycles. The molecule has 17 heavy (non-hydrogen) atoms. The molecular weight excluding hydrogens is 212 g/mol. The molecule has 0 aromatic heterocycles.